The summed E-state index contributed by atoms with van der Waals surface area (Å²) in [5.74, 6) is 0.00613. The molecule has 69 heavy (non-hydrogen) atoms. The molecule has 0 aliphatic carbocycles. The van der Waals surface area contributed by atoms with E-state index in [4.69, 9.17) is 43.4 Å². The Labute approximate surface area is 400 Å². The third-order valence-electron chi connectivity index (χ3n) is 12.6. The maximum absolute atomic E-state index is 15.3. The molecule has 2 aromatic heterocycles. The Bertz CT molecular complexity index is 2760. The number of hydrogen-bond acceptors (Lipinski definition) is 16. The molecular weight excluding hydrogens is 887 g/mol. The van der Waals surface area contributed by atoms with Crippen LogP contribution in [0.4, 0.5) is 43.4 Å². The molecule has 4 aliphatic rings. The number of rotatable bonds is 3. The van der Waals surface area contributed by atoms with Gasteiger partial charge in [-0.05, 0) is 75.1 Å². The maximum Gasteiger partial charge on any atom is 0.233 e. The fourth-order valence-electron chi connectivity index (χ4n) is 8.80. The van der Waals surface area contributed by atoms with E-state index in [9.17, 15) is 0 Å². The van der Waals surface area contributed by atoms with Crippen molar-refractivity contribution >= 4 is 34.6 Å². The van der Waals surface area contributed by atoms with Gasteiger partial charge in [-0.1, -0.05) is 12.1 Å². The zero-order valence-electron chi connectivity index (χ0n) is 39.1. The fourth-order valence-corrected chi connectivity index (χ4v) is 8.80. The lowest BCUT2D eigenvalue weighted by molar-refractivity contribution is 0.0381. The number of ether oxygens (including phenoxy) is 6. The first-order valence-corrected chi connectivity index (χ1v) is 23.4. The monoisotopic (exact) mass is 942 g/mol. The molecule has 1 N–H and O–H groups in total. The highest BCUT2D eigenvalue weighted by atomic mass is 19.2. The summed E-state index contributed by atoms with van der Waals surface area (Å²) in [5, 5.41) is 3.45. The Morgan fingerprint density at radius 1 is 0.638 bits per heavy atom. The summed E-state index contributed by atoms with van der Waals surface area (Å²) < 4.78 is 68.5. The molecule has 0 radical (unpaired) electrons. The number of hydrogen-bond donors (Lipinski definition) is 1. The average molecular weight is 943 g/mol. The number of benzene rings is 4. The summed E-state index contributed by atoms with van der Waals surface area (Å²) in [5.41, 5.74) is 6.39. The largest absolute Gasteiger partial charge is 0.491 e. The van der Waals surface area contributed by atoms with Gasteiger partial charge in [-0.2, -0.15) is 4.39 Å². The van der Waals surface area contributed by atoms with Crippen LogP contribution in [0.15, 0.2) is 91.3 Å². The number of piperazine rings is 2. The Balaban J connectivity index is 1.07. The molecule has 6 heterocycles. The zero-order valence-corrected chi connectivity index (χ0v) is 39.1. The van der Waals surface area contributed by atoms with E-state index in [-0.39, 0.29) is 63.5 Å². The van der Waals surface area contributed by atoms with Gasteiger partial charge in [-0.3, -0.25) is 4.90 Å². The summed E-state index contributed by atoms with van der Waals surface area (Å²) in [4.78, 5) is 30.6. The van der Waals surface area contributed by atoms with Crippen molar-refractivity contribution in [3.8, 4) is 45.5 Å². The van der Waals surface area contributed by atoms with Crippen molar-refractivity contribution in [2.24, 2.45) is 0 Å². The van der Waals surface area contributed by atoms with Gasteiger partial charge in [0.25, 0.3) is 0 Å². The van der Waals surface area contributed by atoms with Crippen molar-refractivity contribution in [3.63, 3.8) is 0 Å². The van der Waals surface area contributed by atoms with Crippen LogP contribution in [0.5, 0.6) is 23.0 Å². The molecule has 0 spiro atoms. The van der Waals surface area contributed by atoms with E-state index in [1.807, 2.05) is 60.4 Å². The van der Waals surface area contributed by atoms with Crippen LogP contribution in [-0.2, 0) is 9.47 Å². The SMILES string of the molecule is Cc1cnc2nc1-c1cccc(c1)OC(N1c3ccc(N4CCN(C)CC4)c(c3)OCCOCCOc3cc(cc(F)c3F)-c3ccnc1n3)COCCOc1cc(cc(N3CCN(C)CC3)c1)N2. The molecule has 2 fully saturated rings. The van der Waals surface area contributed by atoms with Crippen LogP contribution in [-0.4, -0.2) is 149 Å². The van der Waals surface area contributed by atoms with Crippen molar-refractivity contribution in [2.45, 2.75) is 13.2 Å². The molecular formula is C51H56F2N10O6. The van der Waals surface area contributed by atoms with E-state index in [2.05, 4.69) is 56.1 Å². The van der Waals surface area contributed by atoms with Gasteiger partial charge in [0.15, 0.2) is 11.6 Å². The second-order valence-corrected chi connectivity index (χ2v) is 17.5. The van der Waals surface area contributed by atoms with Crippen LogP contribution in [0.25, 0.3) is 22.5 Å². The van der Waals surface area contributed by atoms with E-state index in [0.29, 0.717) is 34.6 Å². The molecule has 1 unspecified atom stereocenters. The van der Waals surface area contributed by atoms with Crippen LogP contribution in [0.3, 0.4) is 0 Å². The number of halogens is 2. The number of nitrogens with zero attached hydrogens (tertiary/aromatic N) is 9. The topological polar surface area (TPSA) is 135 Å². The number of fused-ring (bicyclic) bond motifs is 14. The maximum atomic E-state index is 15.3. The van der Waals surface area contributed by atoms with E-state index < -0.39 is 17.9 Å². The molecule has 1 atom stereocenters. The summed E-state index contributed by atoms with van der Waals surface area (Å²) in [6.45, 7) is 10.0. The standard InChI is InChI=1S/C51H56F2N10O6/c1-34-32-55-50-56-37-28-39(61-15-11-59(2)12-16-61)30-41(29-37)66-22-21-65-33-47(69-40-6-4-5-35(25-40)49(34)58-50)63-38-7-8-44(62-17-13-60(3)14-18-62)45(31-38)67-23-19-64-20-24-68-46-27-36(26-42(52)48(46)53)43-9-10-54-51(63)57-43/h4-10,25-32,47H,11-24,33H2,1-3H3,(H,55,56,58). The van der Waals surface area contributed by atoms with E-state index >= 15 is 8.78 Å². The van der Waals surface area contributed by atoms with Gasteiger partial charge in [0.2, 0.25) is 23.9 Å². The summed E-state index contributed by atoms with van der Waals surface area (Å²) in [7, 11) is 4.26. The van der Waals surface area contributed by atoms with Crippen LogP contribution in [0.1, 0.15) is 5.56 Å². The predicted octanol–water partition coefficient (Wildman–Crippen LogP) is 7.17. The molecule has 10 rings (SSSR count). The van der Waals surface area contributed by atoms with Crippen LogP contribution < -0.4 is 39.0 Å². The molecule has 0 saturated carbocycles. The quantitative estimate of drug-likeness (QED) is 0.192. The number of likely N-dealkylation sites (N-methyl/N-ethyl adjacent to an activating group) is 2. The highest BCUT2D eigenvalue weighted by molar-refractivity contribution is 5.72. The third kappa shape index (κ3) is 10.7. The number of aryl methyl sites for hydroxylation is 1. The van der Waals surface area contributed by atoms with Gasteiger partial charge in [0.1, 0.15) is 43.7 Å². The normalized spacial score (nSPS) is 18.6. The number of aromatic nitrogens is 4. The summed E-state index contributed by atoms with van der Waals surface area (Å²) >= 11 is 0. The van der Waals surface area contributed by atoms with Crippen LogP contribution in [0, 0.1) is 18.6 Å². The summed E-state index contributed by atoms with van der Waals surface area (Å²) in [6.07, 6.45) is 2.46. The fraction of sp³-hybridized carbons (Fsp3) is 0.373. The molecule has 12 bridgehead atoms. The lowest BCUT2D eigenvalue weighted by Gasteiger charge is -2.36. The van der Waals surface area contributed by atoms with Crippen molar-refractivity contribution in [2.75, 3.05) is 133 Å². The second kappa shape index (κ2) is 20.8. The Morgan fingerprint density at radius 2 is 1.39 bits per heavy atom. The van der Waals surface area contributed by atoms with Crippen molar-refractivity contribution in [1.82, 2.24) is 29.7 Å². The predicted molar refractivity (Wildman–Crippen MR) is 260 cm³/mol. The van der Waals surface area contributed by atoms with Crippen molar-refractivity contribution in [3.05, 3.63) is 108 Å². The molecule has 0 amide bonds. The molecule has 2 saturated heterocycles. The highest BCUT2D eigenvalue weighted by Crippen LogP contribution is 2.39. The van der Waals surface area contributed by atoms with Gasteiger partial charge in [-0.25, -0.2) is 24.3 Å². The van der Waals surface area contributed by atoms with Gasteiger partial charge in [-0.15, -0.1) is 0 Å². The smallest absolute Gasteiger partial charge is 0.233 e. The Hall–Kier alpha value is -6.86. The summed E-state index contributed by atoms with van der Waals surface area (Å²) in [6, 6.07) is 24.0. The first-order chi connectivity index (χ1) is 33.7. The first kappa shape index (κ1) is 45.9. The minimum atomic E-state index is -1.10. The first-order valence-electron chi connectivity index (χ1n) is 23.4. The van der Waals surface area contributed by atoms with Gasteiger partial charge in [0, 0.05) is 105 Å². The minimum Gasteiger partial charge on any atom is -0.491 e. The van der Waals surface area contributed by atoms with Crippen LogP contribution >= 0.6 is 0 Å². The second-order valence-electron chi connectivity index (χ2n) is 17.5. The van der Waals surface area contributed by atoms with E-state index in [1.165, 1.54) is 6.07 Å². The Morgan fingerprint density at radius 3 is 2.20 bits per heavy atom. The highest BCUT2D eigenvalue weighted by Gasteiger charge is 2.29. The van der Waals surface area contributed by atoms with E-state index in [0.717, 1.165) is 92.3 Å². The lowest BCUT2D eigenvalue weighted by atomic mass is 10.1. The number of anilines is 6. The van der Waals surface area contributed by atoms with Gasteiger partial charge >= 0.3 is 0 Å². The molecule has 4 aromatic carbocycles. The van der Waals surface area contributed by atoms with E-state index in [1.54, 1.807) is 18.5 Å². The minimum absolute atomic E-state index is 0.00518. The molecule has 6 aromatic rings. The van der Waals surface area contributed by atoms with Crippen LogP contribution in [0.2, 0.25) is 0 Å². The molecule has 4 aliphatic heterocycles. The van der Waals surface area contributed by atoms with Crippen molar-refractivity contribution in [1.29, 1.82) is 0 Å². The molecule has 360 valence electrons. The Kier molecular flexibility index (Phi) is 13.8. The molecule has 16 nitrogen and oxygen atoms in total. The third-order valence-corrected chi connectivity index (χ3v) is 12.6. The lowest BCUT2D eigenvalue weighted by Crippen LogP contribution is -2.44. The average Bonchev–Trinajstić information content (AvgIpc) is 3.35. The van der Waals surface area contributed by atoms with Gasteiger partial charge in [0.05, 0.1) is 42.6 Å². The number of nitrogens with one attached hydrogen (secondary N) is 1. The van der Waals surface area contributed by atoms with Crippen molar-refractivity contribution < 1.29 is 37.2 Å². The molecule has 18 heteroatoms. The van der Waals surface area contributed by atoms with Gasteiger partial charge < -0.3 is 53.3 Å². The zero-order chi connectivity index (χ0) is 47.3.